The Labute approximate surface area is 171 Å². The molecule has 152 valence electrons. The third-order valence-electron chi connectivity index (χ3n) is 5.28. The van der Waals surface area contributed by atoms with Crippen LogP contribution in [-0.4, -0.2) is 24.3 Å². The maximum atomic E-state index is 12.6. The minimum atomic E-state index is -0.365. The van der Waals surface area contributed by atoms with E-state index in [1.807, 2.05) is 68.4 Å². The summed E-state index contributed by atoms with van der Waals surface area (Å²) in [5.41, 5.74) is 2.43. The smallest absolute Gasteiger partial charge is 0.227 e. The molecule has 2 N–H and O–H groups in total. The molecule has 2 aromatic rings. The van der Waals surface area contributed by atoms with Crippen molar-refractivity contribution >= 4 is 29.1 Å². The summed E-state index contributed by atoms with van der Waals surface area (Å²) in [6, 6.07) is 16.8. The number of para-hydroxylation sites is 1. The van der Waals surface area contributed by atoms with Gasteiger partial charge in [0.15, 0.2) is 0 Å². The first-order chi connectivity index (χ1) is 14.0. The van der Waals surface area contributed by atoms with E-state index in [-0.39, 0.29) is 36.0 Å². The number of amides is 3. The SMILES string of the molecule is CC[C@@H](C)C(=O)Nc1cccc(CNC(=O)[C@H]2CC(=O)N(c3ccccc3)C2)c1. The summed E-state index contributed by atoms with van der Waals surface area (Å²) in [5.74, 6) is -0.599. The molecule has 29 heavy (non-hydrogen) atoms. The second-order valence-corrected chi connectivity index (χ2v) is 7.46. The van der Waals surface area contributed by atoms with E-state index in [4.69, 9.17) is 0 Å². The molecule has 0 saturated carbocycles. The lowest BCUT2D eigenvalue weighted by atomic mass is 10.1. The molecular weight excluding hydrogens is 366 g/mol. The second-order valence-electron chi connectivity index (χ2n) is 7.46. The van der Waals surface area contributed by atoms with Crippen LogP contribution in [0.15, 0.2) is 54.6 Å². The van der Waals surface area contributed by atoms with Crippen molar-refractivity contribution in [1.82, 2.24) is 5.32 Å². The average molecular weight is 393 g/mol. The highest BCUT2D eigenvalue weighted by molar-refractivity contribution is 6.00. The number of anilines is 2. The van der Waals surface area contributed by atoms with Crippen molar-refractivity contribution in [3.8, 4) is 0 Å². The van der Waals surface area contributed by atoms with Crippen LogP contribution in [0.25, 0.3) is 0 Å². The molecule has 0 radical (unpaired) electrons. The maximum absolute atomic E-state index is 12.6. The van der Waals surface area contributed by atoms with E-state index in [0.29, 0.717) is 18.8 Å². The summed E-state index contributed by atoms with van der Waals surface area (Å²) in [6.07, 6.45) is 0.993. The molecule has 1 heterocycles. The number of benzene rings is 2. The number of nitrogens with zero attached hydrogens (tertiary/aromatic N) is 1. The molecule has 0 aliphatic carbocycles. The average Bonchev–Trinajstić information content (AvgIpc) is 3.14. The summed E-state index contributed by atoms with van der Waals surface area (Å²) in [4.78, 5) is 38.6. The fourth-order valence-electron chi connectivity index (χ4n) is 3.28. The highest BCUT2D eigenvalue weighted by atomic mass is 16.2. The van der Waals surface area contributed by atoms with Crippen molar-refractivity contribution < 1.29 is 14.4 Å². The number of rotatable bonds is 7. The maximum Gasteiger partial charge on any atom is 0.227 e. The lowest BCUT2D eigenvalue weighted by Crippen LogP contribution is -2.32. The van der Waals surface area contributed by atoms with Crippen molar-refractivity contribution in [2.24, 2.45) is 11.8 Å². The summed E-state index contributed by atoms with van der Waals surface area (Å²) in [7, 11) is 0. The standard InChI is InChI=1S/C23H27N3O3/c1-3-16(2)22(28)25-19-9-7-8-17(12-19)14-24-23(29)18-13-21(27)26(15-18)20-10-5-4-6-11-20/h4-12,16,18H,3,13-15H2,1-2H3,(H,24,29)(H,25,28)/t16-,18+/m1/s1. The monoisotopic (exact) mass is 393 g/mol. The van der Waals surface area contributed by atoms with Gasteiger partial charge in [0, 0.05) is 36.8 Å². The van der Waals surface area contributed by atoms with E-state index in [2.05, 4.69) is 10.6 Å². The van der Waals surface area contributed by atoms with Gasteiger partial charge in [0.2, 0.25) is 17.7 Å². The first kappa shape index (κ1) is 20.6. The molecule has 1 aliphatic rings. The van der Waals surface area contributed by atoms with Crippen molar-refractivity contribution in [2.45, 2.75) is 33.2 Å². The summed E-state index contributed by atoms with van der Waals surface area (Å²) in [5, 5.41) is 5.82. The quantitative estimate of drug-likeness (QED) is 0.757. The van der Waals surface area contributed by atoms with E-state index in [1.165, 1.54) is 0 Å². The van der Waals surface area contributed by atoms with Crippen LogP contribution in [0.5, 0.6) is 0 Å². The number of hydrogen-bond acceptors (Lipinski definition) is 3. The van der Waals surface area contributed by atoms with E-state index >= 15 is 0 Å². The van der Waals surface area contributed by atoms with E-state index in [9.17, 15) is 14.4 Å². The van der Waals surface area contributed by atoms with Crippen LogP contribution < -0.4 is 15.5 Å². The Hall–Kier alpha value is -3.15. The van der Waals surface area contributed by atoms with Crippen LogP contribution in [-0.2, 0) is 20.9 Å². The van der Waals surface area contributed by atoms with Crippen molar-refractivity contribution in [3.05, 3.63) is 60.2 Å². The third kappa shape index (κ3) is 5.22. The van der Waals surface area contributed by atoms with Gasteiger partial charge in [-0.25, -0.2) is 0 Å². The summed E-state index contributed by atoms with van der Waals surface area (Å²) in [6.45, 7) is 4.60. The van der Waals surface area contributed by atoms with E-state index in [1.54, 1.807) is 4.90 Å². The predicted octanol–water partition coefficient (Wildman–Crippen LogP) is 3.34. The Morgan fingerprint density at radius 3 is 2.62 bits per heavy atom. The molecule has 1 fully saturated rings. The molecule has 2 aromatic carbocycles. The topological polar surface area (TPSA) is 78.5 Å². The Kier molecular flexibility index (Phi) is 6.65. The molecule has 0 unspecified atom stereocenters. The van der Waals surface area contributed by atoms with Crippen LogP contribution in [0.3, 0.4) is 0 Å². The molecule has 1 aliphatic heterocycles. The zero-order valence-electron chi connectivity index (χ0n) is 16.9. The number of carbonyl (C=O) groups is 3. The number of hydrogen-bond donors (Lipinski definition) is 2. The first-order valence-corrected chi connectivity index (χ1v) is 10.0. The van der Waals surface area contributed by atoms with Gasteiger partial charge in [-0.15, -0.1) is 0 Å². The molecule has 0 bridgehead atoms. The van der Waals surface area contributed by atoms with Gasteiger partial charge in [-0.3, -0.25) is 14.4 Å². The van der Waals surface area contributed by atoms with Crippen LogP contribution in [0.1, 0.15) is 32.3 Å². The molecule has 1 saturated heterocycles. The summed E-state index contributed by atoms with van der Waals surface area (Å²) < 4.78 is 0. The van der Waals surface area contributed by atoms with E-state index in [0.717, 1.165) is 17.7 Å². The lowest BCUT2D eigenvalue weighted by molar-refractivity contribution is -0.126. The van der Waals surface area contributed by atoms with Crippen LogP contribution >= 0.6 is 0 Å². The Bertz CT molecular complexity index is 882. The van der Waals surface area contributed by atoms with Crippen molar-refractivity contribution in [3.63, 3.8) is 0 Å². The largest absolute Gasteiger partial charge is 0.352 e. The Balaban J connectivity index is 1.55. The van der Waals surface area contributed by atoms with Crippen LogP contribution in [0.4, 0.5) is 11.4 Å². The molecule has 2 atom stereocenters. The molecular formula is C23H27N3O3. The molecule has 0 aromatic heterocycles. The van der Waals surface area contributed by atoms with Gasteiger partial charge in [-0.1, -0.05) is 44.2 Å². The highest BCUT2D eigenvalue weighted by Gasteiger charge is 2.34. The van der Waals surface area contributed by atoms with Gasteiger partial charge >= 0.3 is 0 Å². The van der Waals surface area contributed by atoms with Gasteiger partial charge in [0.25, 0.3) is 0 Å². The minimum absolute atomic E-state index is 0.0147. The fraction of sp³-hybridized carbons (Fsp3) is 0.348. The Morgan fingerprint density at radius 2 is 1.90 bits per heavy atom. The highest BCUT2D eigenvalue weighted by Crippen LogP contribution is 2.25. The molecule has 3 rings (SSSR count). The minimum Gasteiger partial charge on any atom is -0.352 e. The summed E-state index contributed by atoms with van der Waals surface area (Å²) >= 11 is 0. The third-order valence-corrected chi connectivity index (χ3v) is 5.28. The molecule has 6 heteroatoms. The van der Waals surface area contributed by atoms with Gasteiger partial charge in [0.05, 0.1) is 5.92 Å². The van der Waals surface area contributed by atoms with Crippen LogP contribution in [0.2, 0.25) is 0 Å². The van der Waals surface area contributed by atoms with Crippen molar-refractivity contribution in [1.29, 1.82) is 0 Å². The normalized spacial score (nSPS) is 17.1. The first-order valence-electron chi connectivity index (χ1n) is 10.0. The zero-order chi connectivity index (χ0) is 20.8. The van der Waals surface area contributed by atoms with Gasteiger partial charge < -0.3 is 15.5 Å². The molecule has 6 nitrogen and oxygen atoms in total. The van der Waals surface area contributed by atoms with Gasteiger partial charge in [0.1, 0.15) is 0 Å². The van der Waals surface area contributed by atoms with E-state index < -0.39 is 0 Å². The van der Waals surface area contributed by atoms with Gasteiger partial charge in [-0.2, -0.15) is 0 Å². The van der Waals surface area contributed by atoms with Crippen LogP contribution in [0, 0.1) is 11.8 Å². The number of nitrogens with one attached hydrogen (secondary N) is 2. The molecule has 3 amide bonds. The van der Waals surface area contributed by atoms with Gasteiger partial charge in [-0.05, 0) is 36.2 Å². The fourth-order valence-corrected chi connectivity index (χ4v) is 3.28. The Morgan fingerprint density at radius 1 is 1.14 bits per heavy atom. The second kappa shape index (κ2) is 9.37. The molecule has 0 spiro atoms. The van der Waals surface area contributed by atoms with Crippen molar-refractivity contribution in [2.75, 3.05) is 16.8 Å². The lowest BCUT2D eigenvalue weighted by Gasteiger charge is -2.16. The predicted molar refractivity (Wildman–Crippen MR) is 113 cm³/mol. The zero-order valence-corrected chi connectivity index (χ0v) is 16.9. The number of carbonyl (C=O) groups excluding carboxylic acids is 3.